The number of carboxylic acid groups (broad SMARTS) is 1. The predicted octanol–water partition coefficient (Wildman–Crippen LogP) is 5.17. The highest BCUT2D eigenvalue weighted by atomic mass is 19.4. The second-order valence-corrected chi connectivity index (χ2v) is 8.31. The SMILES string of the molecule is COc1cccc(CN(CC2CC2)C(=O)Nc2ccc(-c3cn[nH]c3)cc2OC)c1.O=C(O)C(F)(F)F. The first-order valence-corrected chi connectivity index (χ1v) is 11.3. The van der Waals surface area contributed by atoms with Gasteiger partial charge >= 0.3 is 18.2 Å². The van der Waals surface area contributed by atoms with Crippen LogP contribution >= 0.6 is 0 Å². The van der Waals surface area contributed by atoms with Crippen molar-refractivity contribution in [3.05, 3.63) is 60.4 Å². The van der Waals surface area contributed by atoms with Gasteiger partial charge in [0.05, 0.1) is 26.1 Å². The van der Waals surface area contributed by atoms with Gasteiger partial charge in [-0.2, -0.15) is 18.3 Å². The number of carbonyl (C=O) groups is 2. The van der Waals surface area contributed by atoms with E-state index < -0.39 is 12.1 Å². The Labute approximate surface area is 211 Å². The summed E-state index contributed by atoms with van der Waals surface area (Å²) in [5, 5.41) is 16.9. The first kappa shape index (κ1) is 27.4. The van der Waals surface area contributed by atoms with E-state index in [4.69, 9.17) is 19.4 Å². The molecule has 1 fully saturated rings. The van der Waals surface area contributed by atoms with Gasteiger partial charge in [-0.05, 0) is 54.2 Å². The fourth-order valence-electron chi connectivity index (χ4n) is 3.40. The van der Waals surface area contributed by atoms with Crippen molar-refractivity contribution in [1.29, 1.82) is 0 Å². The third-order valence-corrected chi connectivity index (χ3v) is 5.49. The minimum absolute atomic E-state index is 0.140. The summed E-state index contributed by atoms with van der Waals surface area (Å²) in [7, 11) is 3.25. The number of H-pyrrole nitrogens is 1. The van der Waals surface area contributed by atoms with Gasteiger partial charge < -0.3 is 24.8 Å². The standard InChI is InChI=1S/C23H26N4O3.C2HF3O2/c1-29-20-5-3-4-17(10-20)15-27(14-16-6-7-16)23(28)26-21-9-8-18(11-22(21)30-2)19-12-24-25-13-19;3-2(4,5)1(6)7/h3-5,8-13,16H,6-7,14-15H2,1-2H3,(H,24,25)(H,26,28);(H,6,7). The highest BCUT2D eigenvalue weighted by Crippen LogP contribution is 2.33. The number of carboxylic acids is 1. The zero-order chi connectivity index (χ0) is 27.0. The van der Waals surface area contributed by atoms with Crippen LogP contribution in [0, 0.1) is 5.92 Å². The fraction of sp³-hybridized carbons (Fsp3) is 0.320. The van der Waals surface area contributed by atoms with E-state index in [1.807, 2.05) is 53.6 Å². The van der Waals surface area contributed by atoms with E-state index in [0.29, 0.717) is 23.9 Å². The molecule has 12 heteroatoms. The van der Waals surface area contributed by atoms with E-state index in [0.717, 1.165) is 29.0 Å². The molecule has 1 aliphatic rings. The molecule has 0 saturated heterocycles. The Morgan fingerprint density at radius 3 is 2.43 bits per heavy atom. The lowest BCUT2D eigenvalue weighted by atomic mass is 10.1. The van der Waals surface area contributed by atoms with Crippen LogP contribution in [0.1, 0.15) is 18.4 Å². The molecule has 1 aliphatic carbocycles. The topological polar surface area (TPSA) is 117 Å². The van der Waals surface area contributed by atoms with Crippen molar-refractivity contribution < 1.29 is 37.3 Å². The number of ether oxygens (including phenoxy) is 2. The third-order valence-electron chi connectivity index (χ3n) is 5.49. The van der Waals surface area contributed by atoms with Gasteiger partial charge in [-0.25, -0.2) is 9.59 Å². The normalized spacial score (nSPS) is 12.7. The van der Waals surface area contributed by atoms with Crippen LogP contribution in [0.25, 0.3) is 11.1 Å². The second kappa shape index (κ2) is 12.2. The number of methoxy groups -OCH3 is 2. The van der Waals surface area contributed by atoms with E-state index in [1.165, 1.54) is 12.8 Å². The first-order valence-electron chi connectivity index (χ1n) is 11.3. The molecule has 0 aliphatic heterocycles. The summed E-state index contributed by atoms with van der Waals surface area (Å²) < 4.78 is 42.6. The molecule has 4 rings (SSSR count). The number of carbonyl (C=O) groups excluding carboxylic acids is 1. The highest BCUT2D eigenvalue weighted by molar-refractivity contribution is 5.91. The number of urea groups is 1. The number of amides is 2. The molecule has 1 aromatic heterocycles. The number of anilines is 1. The van der Waals surface area contributed by atoms with E-state index >= 15 is 0 Å². The van der Waals surface area contributed by atoms with Crippen molar-refractivity contribution in [2.24, 2.45) is 5.92 Å². The van der Waals surface area contributed by atoms with Gasteiger partial charge in [-0.3, -0.25) is 5.10 Å². The van der Waals surface area contributed by atoms with Crippen molar-refractivity contribution in [3.8, 4) is 22.6 Å². The summed E-state index contributed by atoms with van der Waals surface area (Å²) >= 11 is 0. The maximum Gasteiger partial charge on any atom is 0.490 e. The number of hydrogen-bond acceptors (Lipinski definition) is 5. The van der Waals surface area contributed by atoms with Gasteiger partial charge in [0.1, 0.15) is 11.5 Å². The van der Waals surface area contributed by atoms with Crippen LogP contribution < -0.4 is 14.8 Å². The fourth-order valence-corrected chi connectivity index (χ4v) is 3.40. The second-order valence-electron chi connectivity index (χ2n) is 8.31. The summed E-state index contributed by atoms with van der Waals surface area (Å²) in [5.41, 5.74) is 3.60. The van der Waals surface area contributed by atoms with Gasteiger partial charge in [-0.15, -0.1) is 0 Å². The van der Waals surface area contributed by atoms with Crippen LogP contribution in [0.15, 0.2) is 54.9 Å². The number of aromatic amines is 1. The molecule has 1 saturated carbocycles. The zero-order valence-electron chi connectivity index (χ0n) is 20.2. The maximum absolute atomic E-state index is 13.1. The summed E-state index contributed by atoms with van der Waals surface area (Å²) in [5.74, 6) is -0.787. The summed E-state index contributed by atoms with van der Waals surface area (Å²) in [6.45, 7) is 1.26. The van der Waals surface area contributed by atoms with E-state index in [-0.39, 0.29) is 6.03 Å². The van der Waals surface area contributed by atoms with Crippen molar-refractivity contribution >= 4 is 17.7 Å². The van der Waals surface area contributed by atoms with E-state index in [2.05, 4.69) is 15.5 Å². The van der Waals surface area contributed by atoms with Crippen molar-refractivity contribution in [3.63, 3.8) is 0 Å². The number of hydrogen-bond donors (Lipinski definition) is 3. The van der Waals surface area contributed by atoms with Gasteiger partial charge in [0.25, 0.3) is 0 Å². The van der Waals surface area contributed by atoms with Crippen molar-refractivity contribution in [1.82, 2.24) is 15.1 Å². The smallest absolute Gasteiger partial charge is 0.490 e. The molecule has 3 N–H and O–H groups in total. The number of nitrogens with one attached hydrogen (secondary N) is 2. The number of benzene rings is 2. The van der Waals surface area contributed by atoms with Gasteiger partial charge in [0.2, 0.25) is 0 Å². The molecule has 3 aromatic rings. The average Bonchev–Trinajstić information content (AvgIpc) is 3.52. The molecule has 198 valence electrons. The monoisotopic (exact) mass is 520 g/mol. The minimum Gasteiger partial charge on any atom is -0.497 e. The van der Waals surface area contributed by atoms with Crippen molar-refractivity contribution in [2.75, 3.05) is 26.1 Å². The van der Waals surface area contributed by atoms with Crippen LogP contribution in [0.5, 0.6) is 11.5 Å². The van der Waals surface area contributed by atoms with Gasteiger partial charge in [0.15, 0.2) is 0 Å². The quantitative estimate of drug-likeness (QED) is 0.377. The Kier molecular flexibility index (Phi) is 8.99. The molecular formula is C25H27F3N4O5. The highest BCUT2D eigenvalue weighted by Gasteiger charge is 2.38. The number of aromatic nitrogens is 2. The maximum atomic E-state index is 13.1. The number of aliphatic carboxylic acids is 1. The molecule has 37 heavy (non-hydrogen) atoms. The van der Waals surface area contributed by atoms with Gasteiger partial charge in [0, 0.05) is 24.8 Å². The van der Waals surface area contributed by atoms with E-state index in [9.17, 15) is 18.0 Å². The Balaban J connectivity index is 0.000000479. The van der Waals surface area contributed by atoms with Crippen molar-refractivity contribution in [2.45, 2.75) is 25.6 Å². The largest absolute Gasteiger partial charge is 0.497 e. The first-order chi connectivity index (χ1) is 17.6. The van der Waals surface area contributed by atoms with E-state index in [1.54, 1.807) is 20.4 Å². The Bertz CT molecular complexity index is 1200. The molecule has 0 radical (unpaired) electrons. The minimum atomic E-state index is -5.08. The molecule has 1 heterocycles. The molecule has 0 bridgehead atoms. The third kappa shape index (κ3) is 8.16. The number of nitrogens with zero attached hydrogens (tertiary/aromatic N) is 2. The molecule has 0 atom stereocenters. The molecular weight excluding hydrogens is 493 g/mol. The van der Waals surface area contributed by atoms with Gasteiger partial charge in [-0.1, -0.05) is 18.2 Å². The van der Waals surface area contributed by atoms with Crippen LogP contribution in [0.3, 0.4) is 0 Å². The Morgan fingerprint density at radius 1 is 1.14 bits per heavy atom. The lowest BCUT2D eigenvalue weighted by Gasteiger charge is -2.24. The van der Waals surface area contributed by atoms with Crippen LogP contribution in [-0.2, 0) is 11.3 Å². The van der Waals surface area contributed by atoms with Crippen LogP contribution in [0.2, 0.25) is 0 Å². The molecule has 2 aromatic carbocycles. The lowest BCUT2D eigenvalue weighted by molar-refractivity contribution is -0.192. The Morgan fingerprint density at radius 2 is 1.86 bits per heavy atom. The van der Waals surface area contributed by atoms with Crippen LogP contribution in [-0.4, -0.2) is 59.1 Å². The molecule has 2 amide bonds. The zero-order valence-corrected chi connectivity index (χ0v) is 20.2. The summed E-state index contributed by atoms with van der Waals surface area (Å²) in [4.78, 5) is 23.9. The Hall–Kier alpha value is -4.22. The van der Waals surface area contributed by atoms with Crippen LogP contribution in [0.4, 0.5) is 23.7 Å². The number of halogens is 3. The number of rotatable bonds is 8. The lowest BCUT2D eigenvalue weighted by Crippen LogP contribution is -2.36. The molecule has 9 nitrogen and oxygen atoms in total. The summed E-state index contributed by atoms with van der Waals surface area (Å²) in [6, 6.07) is 13.4. The molecule has 0 unspecified atom stereocenters. The summed E-state index contributed by atoms with van der Waals surface area (Å²) in [6.07, 6.45) is 0.826. The number of alkyl halides is 3. The molecule has 0 spiro atoms. The average molecular weight is 521 g/mol. The predicted molar refractivity (Wildman–Crippen MR) is 129 cm³/mol.